The number of amides is 2. The minimum atomic E-state index is -0.200. The van der Waals surface area contributed by atoms with Crippen LogP contribution >= 0.6 is 22.6 Å². The van der Waals surface area contributed by atoms with Gasteiger partial charge in [0.1, 0.15) is 5.75 Å². The quantitative estimate of drug-likeness (QED) is 0.114. The number of hydrogen-bond donors (Lipinski definition) is 0. The molecular formula is C36H53IN2O5. The van der Waals surface area contributed by atoms with Crippen LogP contribution in [0.5, 0.6) is 5.75 Å². The second-order valence-corrected chi connectivity index (χ2v) is 13.1. The number of carbonyl (C=O) groups is 2. The Morgan fingerprint density at radius 2 is 1.25 bits per heavy atom. The zero-order chi connectivity index (χ0) is 31.6. The van der Waals surface area contributed by atoms with Gasteiger partial charge in [-0.05, 0) is 136 Å². The zero-order valence-electron chi connectivity index (χ0n) is 27.1. The maximum Gasteiger partial charge on any atom is 0.409 e. The fourth-order valence-electron chi connectivity index (χ4n) is 6.11. The third kappa shape index (κ3) is 12.9. The Bertz CT molecular complexity index is 1110. The molecular weight excluding hydrogens is 667 g/mol. The van der Waals surface area contributed by atoms with Crippen molar-refractivity contribution in [2.45, 2.75) is 84.5 Å². The number of ether oxygens (including phenoxy) is 3. The Kier molecular flexibility index (Phi) is 16.8. The molecule has 2 aromatic rings. The van der Waals surface area contributed by atoms with Gasteiger partial charge in [-0.25, -0.2) is 9.59 Å². The molecule has 0 N–H and O–H groups in total. The van der Waals surface area contributed by atoms with Crippen LogP contribution in [-0.2, 0) is 22.3 Å². The lowest BCUT2D eigenvalue weighted by molar-refractivity contribution is 0.0838. The molecule has 44 heavy (non-hydrogen) atoms. The summed E-state index contributed by atoms with van der Waals surface area (Å²) in [6.45, 7) is 7.50. The van der Waals surface area contributed by atoms with E-state index in [4.69, 9.17) is 14.2 Å². The lowest BCUT2D eigenvalue weighted by Crippen LogP contribution is -2.40. The summed E-state index contributed by atoms with van der Waals surface area (Å²) in [5, 5.41) is 0. The smallest absolute Gasteiger partial charge is 0.409 e. The topological polar surface area (TPSA) is 68.3 Å². The van der Waals surface area contributed by atoms with E-state index in [1.54, 1.807) is 7.11 Å². The van der Waals surface area contributed by atoms with Crippen LogP contribution in [0.2, 0.25) is 0 Å². The third-order valence-electron chi connectivity index (χ3n) is 8.57. The Morgan fingerprint density at radius 3 is 1.77 bits per heavy atom. The molecule has 0 heterocycles. The van der Waals surface area contributed by atoms with Gasteiger partial charge in [-0.15, -0.1) is 0 Å². The number of rotatable bonds is 18. The molecule has 244 valence electrons. The fraction of sp³-hybridized carbons (Fsp3) is 0.611. The van der Waals surface area contributed by atoms with E-state index in [1.807, 2.05) is 29.7 Å². The van der Waals surface area contributed by atoms with Crippen molar-refractivity contribution in [2.24, 2.45) is 11.8 Å². The van der Waals surface area contributed by atoms with Gasteiger partial charge in [0.05, 0.1) is 23.9 Å². The molecule has 0 saturated heterocycles. The maximum atomic E-state index is 12.8. The number of halogens is 1. The molecule has 7 nitrogen and oxygen atoms in total. The first-order valence-corrected chi connectivity index (χ1v) is 17.7. The first-order valence-electron chi connectivity index (χ1n) is 16.6. The van der Waals surface area contributed by atoms with Gasteiger partial charge >= 0.3 is 12.2 Å². The summed E-state index contributed by atoms with van der Waals surface area (Å²) in [5.74, 6) is 1.84. The van der Waals surface area contributed by atoms with Crippen LogP contribution in [0.15, 0.2) is 48.5 Å². The van der Waals surface area contributed by atoms with Gasteiger partial charge in [0, 0.05) is 26.2 Å². The highest BCUT2D eigenvalue weighted by Gasteiger charge is 2.28. The number of nitrogens with zero attached hydrogens (tertiary/aromatic N) is 2. The van der Waals surface area contributed by atoms with Crippen molar-refractivity contribution in [2.75, 3.05) is 46.5 Å². The lowest BCUT2D eigenvalue weighted by Gasteiger charge is -2.34. The molecule has 0 aromatic heterocycles. The van der Waals surface area contributed by atoms with Crippen molar-refractivity contribution < 1.29 is 23.8 Å². The average Bonchev–Trinajstić information content (AvgIpc) is 3.03. The van der Waals surface area contributed by atoms with Gasteiger partial charge in [0.2, 0.25) is 0 Å². The predicted octanol–water partition coefficient (Wildman–Crippen LogP) is 8.76. The summed E-state index contributed by atoms with van der Waals surface area (Å²) in [7, 11) is 1.70. The van der Waals surface area contributed by atoms with Crippen molar-refractivity contribution in [3.63, 3.8) is 0 Å². The van der Waals surface area contributed by atoms with E-state index in [0.29, 0.717) is 31.6 Å². The van der Waals surface area contributed by atoms with Gasteiger partial charge in [0.15, 0.2) is 0 Å². The Hall–Kier alpha value is -2.49. The molecule has 3 rings (SSSR count). The monoisotopic (exact) mass is 720 g/mol. The number of unbranched alkanes of at least 4 members (excludes halogenated alkanes) is 3. The molecule has 0 radical (unpaired) electrons. The zero-order valence-corrected chi connectivity index (χ0v) is 29.3. The largest absolute Gasteiger partial charge is 0.496 e. The first kappa shape index (κ1) is 36.0. The van der Waals surface area contributed by atoms with E-state index < -0.39 is 0 Å². The third-order valence-corrected chi connectivity index (χ3v) is 9.41. The molecule has 1 aliphatic carbocycles. The molecule has 0 unspecified atom stereocenters. The molecule has 1 saturated carbocycles. The lowest BCUT2D eigenvalue weighted by atomic mass is 9.81. The molecule has 2 aromatic carbocycles. The number of methoxy groups -OCH3 is 1. The van der Waals surface area contributed by atoms with Crippen molar-refractivity contribution in [3.8, 4) is 5.75 Å². The highest BCUT2D eigenvalue weighted by Crippen LogP contribution is 2.31. The summed E-state index contributed by atoms with van der Waals surface area (Å²) in [5.41, 5.74) is 2.66. The molecule has 0 spiro atoms. The van der Waals surface area contributed by atoms with E-state index >= 15 is 0 Å². The summed E-state index contributed by atoms with van der Waals surface area (Å²) in [6.07, 6.45) is 11.1. The van der Waals surface area contributed by atoms with Gasteiger partial charge in [-0.1, -0.05) is 42.8 Å². The SMILES string of the molecule is CCOC(=O)N(CCCCCc1ccccc1)CC1CCC(CN(CCCCc2ccc(OC)c(I)c2)C(=O)OCC)CC1. The normalized spacial score (nSPS) is 16.3. The maximum absolute atomic E-state index is 12.8. The van der Waals surface area contributed by atoms with E-state index in [1.165, 1.54) is 11.1 Å². The number of carbonyl (C=O) groups excluding carboxylic acids is 2. The standard InChI is InChI=1S/C36H53IN2O5/c1-4-43-35(40)38(24-12-7-10-16-29-14-8-6-9-15-29)27-31-18-20-32(21-19-31)28-39(36(41)44-5-2)25-13-11-17-30-22-23-34(42-3)33(37)26-30/h6,8-9,14-15,22-23,26,31-32H,4-5,7,10-13,16-21,24-25,27-28H2,1-3H3. The first-order chi connectivity index (χ1) is 21.4. The summed E-state index contributed by atoms with van der Waals surface area (Å²) >= 11 is 2.31. The van der Waals surface area contributed by atoms with Crippen molar-refractivity contribution in [3.05, 3.63) is 63.2 Å². The van der Waals surface area contributed by atoms with Crippen LogP contribution in [-0.4, -0.2) is 68.5 Å². The van der Waals surface area contributed by atoms with Crippen molar-refractivity contribution >= 4 is 34.8 Å². The number of benzene rings is 2. The van der Waals surface area contributed by atoms with E-state index in [2.05, 4.69) is 65.1 Å². The van der Waals surface area contributed by atoms with Gasteiger partial charge in [0.25, 0.3) is 0 Å². The minimum absolute atomic E-state index is 0.185. The minimum Gasteiger partial charge on any atom is -0.496 e. The predicted molar refractivity (Wildman–Crippen MR) is 185 cm³/mol. The fourth-order valence-corrected chi connectivity index (χ4v) is 6.91. The highest BCUT2D eigenvalue weighted by molar-refractivity contribution is 14.1. The molecule has 0 bridgehead atoms. The van der Waals surface area contributed by atoms with E-state index in [9.17, 15) is 9.59 Å². The highest BCUT2D eigenvalue weighted by atomic mass is 127. The van der Waals surface area contributed by atoms with Gasteiger partial charge in [-0.3, -0.25) is 0 Å². The van der Waals surface area contributed by atoms with Crippen LogP contribution in [0.1, 0.15) is 82.8 Å². The van der Waals surface area contributed by atoms with Crippen LogP contribution in [0.3, 0.4) is 0 Å². The average molecular weight is 721 g/mol. The van der Waals surface area contributed by atoms with Crippen LogP contribution < -0.4 is 4.74 Å². The summed E-state index contributed by atoms with van der Waals surface area (Å²) in [4.78, 5) is 29.4. The van der Waals surface area contributed by atoms with Gasteiger partial charge < -0.3 is 24.0 Å². The molecule has 2 amide bonds. The molecule has 0 atom stereocenters. The molecule has 1 fully saturated rings. The molecule has 1 aliphatic rings. The number of hydrogen-bond acceptors (Lipinski definition) is 5. The van der Waals surface area contributed by atoms with E-state index in [0.717, 1.165) is 99.6 Å². The van der Waals surface area contributed by atoms with Crippen LogP contribution in [0.25, 0.3) is 0 Å². The molecule has 0 aliphatic heterocycles. The van der Waals surface area contributed by atoms with Crippen molar-refractivity contribution in [1.29, 1.82) is 0 Å². The van der Waals surface area contributed by atoms with Gasteiger partial charge in [-0.2, -0.15) is 0 Å². The van der Waals surface area contributed by atoms with Crippen LogP contribution in [0.4, 0.5) is 9.59 Å². The number of aryl methyl sites for hydroxylation is 2. The Morgan fingerprint density at radius 1 is 0.727 bits per heavy atom. The summed E-state index contributed by atoms with van der Waals surface area (Å²) in [6, 6.07) is 16.9. The second kappa shape index (κ2) is 20.5. The second-order valence-electron chi connectivity index (χ2n) is 11.9. The van der Waals surface area contributed by atoms with Crippen molar-refractivity contribution in [1.82, 2.24) is 9.80 Å². The Balaban J connectivity index is 1.42. The summed E-state index contributed by atoms with van der Waals surface area (Å²) < 4.78 is 17.3. The molecule has 8 heteroatoms. The van der Waals surface area contributed by atoms with Crippen LogP contribution in [0, 0.1) is 15.4 Å². The van der Waals surface area contributed by atoms with E-state index in [-0.39, 0.29) is 12.2 Å². The Labute approximate surface area is 279 Å².